The molecule has 1 N–H and O–H groups in total. The number of benzene rings is 1. The molecule has 0 aliphatic carbocycles. The number of aromatic nitrogens is 4. The minimum absolute atomic E-state index is 0.261. The molecule has 1 aromatic carbocycles. The van der Waals surface area contributed by atoms with Crippen LogP contribution in [0.15, 0.2) is 24.3 Å². The summed E-state index contributed by atoms with van der Waals surface area (Å²) < 4.78 is 1.90. The van der Waals surface area contributed by atoms with Gasteiger partial charge in [0, 0.05) is 38.7 Å². The van der Waals surface area contributed by atoms with E-state index >= 15 is 0 Å². The number of nitrogens with zero attached hydrogens (tertiary/aromatic N) is 4. The zero-order valence-electron chi connectivity index (χ0n) is 17.0. The van der Waals surface area contributed by atoms with Crippen molar-refractivity contribution < 1.29 is 4.79 Å². The largest absolute Gasteiger partial charge is 0.342 e. The third-order valence-electron chi connectivity index (χ3n) is 6.04. The van der Waals surface area contributed by atoms with Crippen molar-refractivity contribution in [2.24, 2.45) is 13.0 Å². The van der Waals surface area contributed by atoms with Gasteiger partial charge in [0.1, 0.15) is 5.82 Å². The fourth-order valence-electron chi connectivity index (χ4n) is 4.40. The second-order valence-corrected chi connectivity index (χ2v) is 8.03. The van der Waals surface area contributed by atoms with Crippen LogP contribution in [0.3, 0.4) is 0 Å². The molecular weight excluding hydrogens is 350 g/mol. The van der Waals surface area contributed by atoms with Crippen LogP contribution in [0, 0.1) is 19.8 Å². The number of carbonyl (C=O) groups is 1. The summed E-state index contributed by atoms with van der Waals surface area (Å²) in [6.07, 6.45) is 4.46. The van der Waals surface area contributed by atoms with Crippen molar-refractivity contribution in [3.8, 4) is 0 Å². The van der Waals surface area contributed by atoms with E-state index in [4.69, 9.17) is 4.98 Å². The number of likely N-dealkylation sites (tertiary alicyclic amines) is 1. The number of fused-ring (bicyclic) bond motifs is 1. The Morgan fingerprint density at radius 3 is 2.86 bits per heavy atom. The average molecular weight is 380 g/mol. The second kappa shape index (κ2) is 7.78. The van der Waals surface area contributed by atoms with Gasteiger partial charge in [-0.3, -0.25) is 9.48 Å². The number of hydrogen-bond donors (Lipinski definition) is 1. The van der Waals surface area contributed by atoms with Gasteiger partial charge in [-0.05, 0) is 56.7 Å². The number of carbonyl (C=O) groups excluding carboxylic acids is 1. The van der Waals surface area contributed by atoms with Gasteiger partial charge in [0.15, 0.2) is 0 Å². The molecule has 3 heterocycles. The Kier molecular flexibility index (Phi) is 5.20. The maximum atomic E-state index is 12.8. The molecule has 2 aromatic heterocycles. The first kappa shape index (κ1) is 18.7. The van der Waals surface area contributed by atoms with Gasteiger partial charge in [-0.2, -0.15) is 5.10 Å². The number of amides is 1. The summed E-state index contributed by atoms with van der Waals surface area (Å²) in [6.45, 7) is 5.81. The van der Waals surface area contributed by atoms with Crippen molar-refractivity contribution in [2.45, 2.75) is 46.0 Å². The van der Waals surface area contributed by atoms with Crippen molar-refractivity contribution in [1.29, 1.82) is 0 Å². The lowest BCUT2D eigenvalue weighted by atomic mass is 9.94. The Labute approximate surface area is 166 Å². The lowest BCUT2D eigenvalue weighted by Crippen LogP contribution is -2.40. The molecule has 0 saturated carbocycles. The van der Waals surface area contributed by atoms with Gasteiger partial charge < -0.3 is 9.88 Å². The van der Waals surface area contributed by atoms with Gasteiger partial charge in [0.25, 0.3) is 0 Å². The summed E-state index contributed by atoms with van der Waals surface area (Å²) in [5.74, 6) is 1.76. The quantitative estimate of drug-likeness (QED) is 0.739. The maximum Gasteiger partial charge on any atom is 0.222 e. The Hall–Kier alpha value is -2.63. The van der Waals surface area contributed by atoms with Gasteiger partial charge in [-0.25, -0.2) is 4.98 Å². The minimum Gasteiger partial charge on any atom is -0.342 e. The van der Waals surface area contributed by atoms with Crippen LogP contribution >= 0.6 is 0 Å². The van der Waals surface area contributed by atoms with Crippen LogP contribution in [0.5, 0.6) is 0 Å². The number of aromatic amines is 1. The zero-order chi connectivity index (χ0) is 19.7. The van der Waals surface area contributed by atoms with Gasteiger partial charge in [-0.1, -0.05) is 12.1 Å². The van der Waals surface area contributed by atoms with Crippen molar-refractivity contribution >= 4 is 16.9 Å². The molecule has 1 atom stereocenters. The number of rotatable bonds is 5. The Balaban J connectivity index is 1.35. The monoisotopic (exact) mass is 379 g/mol. The van der Waals surface area contributed by atoms with Crippen molar-refractivity contribution in [3.63, 3.8) is 0 Å². The summed E-state index contributed by atoms with van der Waals surface area (Å²) >= 11 is 0. The van der Waals surface area contributed by atoms with E-state index in [0.29, 0.717) is 12.3 Å². The van der Waals surface area contributed by atoms with Crippen LogP contribution in [-0.4, -0.2) is 43.6 Å². The number of piperidine rings is 1. The molecule has 4 rings (SSSR count). The summed E-state index contributed by atoms with van der Waals surface area (Å²) in [5.41, 5.74) is 5.51. The first-order valence-corrected chi connectivity index (χ1v) is 10.2. The van der Waals surface area contributed by atoms with E-state index in [1.165, 1.54) is 5.56 Å². The number of nitrogens with one attached hydrogen (secondary N) is 1. The molecule has 1 aliphatic rings. The molecule has 28 heavy (non-hydrogen) atoms. The van der Waals surface area contributed by atoms with Crippen LogP contribution in [0.25, 0.3) is 11.0 Å². The topological polar surface area (TPSA) is 66.8 Å². The van der Waals surface area contributed by atoms with E-state index in [9.17, 15) is 4.79 Å². The van der Waals surface area contributed by atoms with E-state index in [-0.39, 0.29) is 5.91 Å². The molecule has 3 aromatic rings. The predicted octanol–water partition coefficient (Wildman–Crippen LogP) is 3.33. The van der Waals surface area contributed by atoms with Gasteiger partial charge in [0.2, 0.25) is 5.91 Å². The van der Waals surface area contributed by atoms with Crippen molar-refractivity contribution in [1.82, 2.24) is 24.6 Å². The lowest BCUT2D eigenvalue weighted by Gasteiger charge is -2.32. The molecule has 6 nitrogen and oxygen atoms in total. The predicted molar refractivity (Wildman–Crippen MR) is 110 cm³/mol. The first-order chi connectivity index (χ1) is 13.5. The zero-order valence-corrected chi connectivity index (χ0v) is 17.0. The third kappa shape index (κ3) is 3.81. The SMILES string of the molecule is Cc1nn(C)c(C)c1CCC(=O)N1CCC[C@@H](Cc2nc3ccccc3[nH]2)C1. The molecule has 1 fully saturated rings. The second-order valence-electron chi connectivity index (χ2n) is 8.03. The minimum atomic E-state index is 0.261. The summed E-state index contributed by atoms with van der Waals surface area (Å²) in [4.78, 5) is 23.0. The summed E-state index contributed by atoms with van der Waals surface area (Å²) in [7, 11) is 1.96. The van der Waals surface area contributed by atoms with Gasteiger partial charge in [-0.15, -0.1) is 0 Å². The lowest BCUT2D eigenvalue weighted by molar-refractivity contribution is -0.133. The fourth-order valence-corrected chi connectivity index (χ4v) is 4.40. The van der Waals surface area contributed by atoms with Crippen LogP contribution in [0.1, 0.15) is 42.0 Å². The summed E-state index contributed by atoms with van der Waals surface area (Å²) in [5, 5.41) is 4.46. The number of aryl methyl sites for hydroxylation is 2. The standard InChI is InChI=1S/C22H29N5O/c1-15-18(16(2)26(3)25-15)10-11-22(28)27-12-6-7-17(14-27)13-21-23-19-8-4-5-9-20(19)24-21/h4-5,8-9,17H,6-7,10-14H2,1-3H3,(H,23,24)/t17-/m0/s1. The van der Waals surface area contributed by atoms with Gasteiger partial charge >= 0.3 is 0 Å². The molecular formula is C22H29N5O. The molecule has 1 saturated heterocycles. The van der Waals surface area contributed by atoms with E-state index < -0.39 is 0 Å². The molecule has 0 bridgehead atoms. The number of para-hydroxylation sites is 2. The molecule has 0 radical (unpaired) electrons. The Morgan fingerprint density at radius 1 is 1.29 bits per heavy atom. The Bertz CT molecular complexity index is 953. The molecule has 0 unspecified atom stereocenters. The molecule has 1 amide bonds. The van der Waals surface area contributed by atoms with Crippen molar-refractivity contribution in [3.05, 3.63) is 47.0 Å². The first-order valence-electron chi connectivity index (χ1n) is 10.2. The maximum absolute atomic E-state index is 12.8. The highest BCUT2D eigenvalue weighted by atomic mass is 16.2. The van der Waals surface area contributed by atoms with E-state index in [1.54, 1.807) is 0 Å². The van der Waals surface area contributed by atoms with Crippen LogP contribution in [0.4, 0.5) is 0 Å². The number of imidazole rings is 1. The number of H-pyrrole nitrogens is 1. The van der Waals surface area contributed by atoms with E-state index in [0.717, 1.165) is 67.0 Å². The Morgan fingerprint density at radius 2 is 2.11 bits per heavy atom. The highest BCUT2D eigenvalue weighted by Crippen LogP contribution is 2.23. The molecule has 148 valence electrons. The van der Waals surface area contributed by atoms with Crippen LogP contribution in [0.2, 0.25) is 0 Å². The molecule has 6 heteroatoms. The highest BCUT2D eigenvalue weighted by molar-refractivity contribution is 5.76. The third-order valence-corrected chi connectivity index (χ3v) is 6.04. The van der Waals surface area contributed by atoms with E-state index in [1.807, 2.05) is 36.9 Å². The van der Waals surface area contributed by atoms with Gasteiger partial charge in [0.05, 0.1) is 16.7 Å². The molecule has 0 spiro atoms. The number of hydrogen-bond acceptors (Lipinski definition) is 3. The van der Waals surface area contributed by atoms with Crippen LogP contribution < -0.4 is 0 Å². The average Bonchev–Trinajstić information content (AvgIpc) is 3.20. The summed E-state index contributed by atoms with van der Waals surface area (Å²) in [6, 6.07) is 8.13. The van der Waals surface area contributed by atoms with Crippen LogP contribution in [-0.2, 0) is 24.7 Å². The normalized spacial score (nSPS) is 17.4. The molecule has 1 aliphatic heterocycles. The smallest absolute Gasteiger partial charge is 0.222 e. The highest BCUT2D eigenvalue weighted by Gasteiger charge is 2.25. The van der Waals surface area contributed by atoms with Crippen molar-refractivity contribution in [2.75, 3.05) is 13.1 Å². The fraction of sp³-hybridized carbons (Fsp3) is 0.500. The van der Waals surface area contributed by atoms with E-state index in [2.05, 4.69) is 28.0 Å².